The highest BCUT2D eigenvalue weighted by atomic mass is 14.7. The SMILES string of the molecule is CC(C)C1(C)C2(C)CCCC1(C)CCC2.CC(C)C12CCCC(C)(CCC1)C2.CC(C)C1C2(C)CCCC1(C)CCC2.CC(C)C1CC2(C)CCCC(C)(C1)C2.CC(C)C1CC2(C)CCCC(C)(C1)C2. The second-order valence-electron chi connectivity index (χ2n) is 34.3. The van der Waals surface area contributed by atoms with Gasteiger partial charge < -0.3 is 0 Å². The molecule has 70 heavy (non-hydrogen) atoms. The lowest BCUT2D eigenvalue weighted by atomic mass is 9.39. The summed E-state index contributed by atoms with van der Waals surface area (Å²) in [7, 11) is 0. The van der Waals surface area contributed by atoms with Crippen molar-refractivity contribution in [2.75, 3.05) is 0 Å². The van der Waals surface area contributed by atoms with E-state index in [1.54, 1.807) is 0 Å². The predicted molar refractivity (Wildman–Crippen MR) is 311 cm³/mol. The molecule has 10 fully saturated rings. The molecule has 0 aromatic heterocycles. The first-order valence-electron chi connectivity index (χ1n) is 32.3. The van der Waals surface area contributed by atoms with Crippen LogP contribution in [0.25, 0.3) is 0 Å². The molecule has 0 amide bonds. The fraction of sp³-hybridized carbons (Fsp3) is 1.00. The number of fused-ring (bicyclic) bond motifs is 10. The van der Waals surface area contributed by atoms with Crippen molar-refractivity contribution in [3.63, 3.8) is 0 Å². The minimum absolute atomic E-state index is 0.566. The summed E-state index contributed by atoms with van der Waals surface area (Å²) in [4.78, 5) is 0. The Morgan fingerprint density at radius 1 is 0.286 bits per heavy atom. The molecule has 10 aliphatic rings. The Kier molecular flexibility index (Phi) is 18.4. The molecule has 0 heterocycles. The minimum Gasteiger partial charge on any atom is -0.0625 e. The van der Waals surface area contributed by atoms with Crippen molar-refractivity contribution in [2.24, 2.45) is 107 Å². The molecule has 10 saturated carbocycles. The Bertz CT molecular complexity index is 1500. The summed E-state index contributed by atoms with van der Waals surface area (Å²) in [6.45, 7) is 49.9. The molecule has 0 aliphatic heterocycles. The predicted octanol–water partition coefficient (Wildman–Crippen LogP) is 23.3. The maximum Gasteiger partial charge on any atom is -0.0195 e. The highest BCUT2D eigenvalue weighted by Gasteiger charge is 2.61. The lowest BCUT2D eigenvalue weighted by Crippen LogP contribution is -2.57. The standard InChI is InChI=1S/C15H28.3C14H26.C13H24/c1-12(2)15(5)13(3)8-6-10-14(15,4)11-7-9-13;1-11(2)12-13(3)7-5-9-14(12,4)10-6-8-13;2*1-11(2)12-8-13(3)6-5-7-14(4,9-12)10-13;1-11(2)13-8-4-6-12(3,10-13)7-5-9-13/h12H,6-11H2,1-5H3;3*11-12H,5-10H2,1-4H3;11H,4-10H2,1-3H3. The van der Waals surface area contributed by atoms with Crippen molar-refractivity contribution in [1.29, 1.82) is 0 Å². The third-order valence-electron chi connectivity index (χ3n) is 26.4. The van der Waals surface area contributed by atoms with Crippen molar-refractivity contribution >= 4 is 0 Å². The van der Waals surface area contributed by atoms with Crippen molar-refractivity contribution in [3.8, 4) is 0 Å². The summed E-state index contributed by atoms with van der Waals surface area (Å²) in [5.41, 5.74) is 7.40. The van der Waals surface area contributed by atoms with Gasteiger partial charge in [0.15, 0.2) is 0 Å². The van der Waals surface area contributed by atoms with E-state index in [1.165, 1.54) is 199 Å². The third-order valence-corrected chi connectivity index (χ3v) is 26.4. The molecule has 4 atom stereocenters. The largest absolute Gasteiger partial charge is 0.0625 e. The van der Waals surface area contributed by atoms with E-state index in [4.69, 9.17) is 0 Å². The van der Waals surface area contributed by atoms with Crippen LogP contribution in [0.4, 0.5) is 0 Å². The smallest absolute Gasteiger partial charge is 0.0195 e. The molecule has 0 heteroatoms. The van der Waals surface area contributed by atoms with Gasteiger partial charge in [0, 0.05) is 0 Å². The second kappa shape index (κ2) is 21.8. The van der Waals surface area contributed by atoms with Gasteiger partial charge in [0.2, 0.25) is 0 Å². The normalized spacial score (nSPS) is 48.2. The molecule has 0 spiro atoms. The summed E-state index contributed by atoms with van der Waals surface area (Å²) < 4.78 is 0. The minimum atomic E-state index is 0.566. The molecular formula is C70H130. The average molecular weight is 972 g/mol. The van der Waals surface area contributed by atoms with Gasteiger partial charge in [0.1, 0.15) is 0 Å². The lowest BCUT2D eigenvalue weighted by Gasteiger charge is -2.66. The second-order valence-corrected chi connectivity index (χ2v) is 34.3. The van der Waals surface area contributed by atoms with E-state index in [2.05, 4.69) is 138 Å². The van der Waals surface area contributed by atoms with E-state index in [0.29, 0.717) is 48.7 Å². The van der Waals surface area contributed by atoms with Gasteiger partial charge in [0.05, 0.1) is 0 Å². The van der Waals surface area contributed by atoms with E-state index in [-0.39, 0.29) is 0 Å². The van der Waals surface area contributed by atoms with Gasteiger partial charge in [0.25, 0.3) is 0 Å². The van der Waals surface area contributed by atoms with Crippen LogP contribution in [0, 0.1) is 107 Å². The van der Waals surface area contributed by atoms with E-state index < -0.39 is 0 Å². The Labute approximate surface area is 442 Å². The average Bonchev–Trinajstić information content (AvgIpc) is 3.20. The van der Waals surface area contributed by atoms with Crippen LogP contribution in [0.3, 0.4) is 0 Å². The van der Waals surface area contributed by atoms with Crippen LogP contribution in [-0.4, -0.2) is 0 Å². The van der Waals surface area contributed by atoms with Gasteiger partial charge in [-0.2, -0.15) is 0 Å². The zero-order valence-electron chi connectivity index (χ0n) is 52.0. The number of hydrogen-bond acceptors (Lipinski definition) is 0. The molecule has 0 saturated heterocycles. The Hall–Kier alpha value is 0. The van der Waals surface area contributed by atoms with E-state index in [9.17, 15) is 0 Å². The number of hydrogen-bond donors (Lipinski definition) is 0. The quantitative estimate of drug-likeness (QED) is 0.258. The molecule has 410 valence electrons. The molecule has 0 aromatic carbocycles. The highest BCUT2D eigenvalue weighted by molar-refractivity contribution is 5.10. The monoisotopic (exact) mass is 971 g/mol. The first-order chi connectivity index (χ1) is 32.3. The maximum atomic E-state index is 2.59. The lowest BCUT2D eigenvalue weighted by molar-refractivity contribution is -0.166. The Morgan fingerprint density at radius 2 is 0.571 bits per heavy atom. The molecular weight excluding hydrogens is 841 g/mol. The molecule has 0 N–H and O–H groups in total. The molecule has 4 unspecified atom stereocenters. The third kappa shape index (κ3) is 12.5. The summed E-state index contributed by atoms with van der Waals surface area (Å²) in [5, 5.41) is 0. The zero-order chi connectivity index (χ0) is 52.0. The highest BCUT2D eigenvalue weighted by Crippen LogP contribution is 2.70. The molecule has 10 aliphatic carbocycles. The van der Waals surface area contributed by atoms with Crippen LogP contribution in [0.15, 0.2) is 0 Å². The van der Waals surface area contributed by atoms with Crippen molar-refractivity contribution in [2.45, 2.75) is 338 Å². The van der Waals surface area contributed by atoms with Crippen LogP contribution in [0.2, 0.25) is 0 Å². The van der Waals surface area contributed by atoms with Gasteiger partial charge >= 0.3 is 0 Å². The van der Waals surface area contributed by atoms with Crippen molar-refractivity contribution < 1.29 is 0 Å². The molecule has 0 aromatic rings. The summed E-state index contributed by atoms with van der Waals surface area (Å²) >= 11 is 0. The van der Waals surface area contributed by atoms with E-state index in [0.717, 1.165) is 58.2 Å². The maximum absolute atomic E-state index is 2.59. The van der Waals surface area contributed by atoms with Gasteiger partial charge in [-0.25, -0.2) is 0 Å². The van der Waals surface area contributed by atoms with Crippen molar-refractivity contribution in [3.05, 3.63) is 0 Å². The summed E-state index contributed by atoms with van der Waals surface area (Å²) in [6, 6.07) is 0. The van der Waals surface area contributed by atoms with E-state index in [1.807, 2.05) is 0 Å². The first kappa shape index (κ1) is 59.2. The first-order valence-corrected chi connectivity index (χ1v) is 32.3. The summed E-state index contributed by atoms with van der Waals surface area (Å²) in [6.07, 6.45) is 46.2. The van der Waals surface area contributed by atoms with Crippen LogP contribution < -0.4 is 0 Å². The van der Waals surface area contributed by atoms with Crippen molar-refractivity contribution in [1.82, 2.24) is 0 Å². The van der Waals surface area contributed by atoms with E-state index >= 15 is 0 Å². The van der Waals surface area contributed by atoms with Crippen LogP contribution in [0.1, 0.15) is 338 Å². The van der Waals surface area contributed by atoms with Gasteiger partial charge in [-0.05, 0) is 255 Å². The van der Waals surface area contributed by atoms with Crippen LogP contribution in [0.5, 0.6) is 0 Å². The molecule has 10 rings (SSSR count). The fourth-order valence-corrected chi connectivity index (χ4v) is 22.8. The topological polar surface area (TPSA) is 0 Å². The van der Waals surface area contributed by atoms with Gasteiger partial charge in [-0.1, -0.05) is 190 Å². The van der Waals surface area contributed by atoms with Crippen LogP contribution >= 0.6 is 0 Å². The number of rotatable bonds is 5. The molecule has 0 nitrogen and oxygen atoms in total. The van der Waals surface area contributed by atoms with Gasteiger partial charge in [-0.3, -0.25) is 0 Å². The summed E-state index contributed by atoms with van der Waals surface area (Å²) in [5.74, 6) is 7.39. The van der Waals surface area contributed by atoms with Crippen LogP contribution in [-0.2, 0) is 0 Å². The fourth-order valence-electron chi connectivity index (χ4n) is 22.8. The zero-order valence-corrected chi connectivity index (χ0v) is 52.0. The molecule has 10 bridgehead atoms. The Morgan fingerprint density at radius 3 is 0.814 bits per heavy atom. The molecule has 0 radical (unpaired) electrons. The Balaban J connectivity index is 0.000000144. The van der Waals surface area contributed by atoms with Gasteiger partial charge in [-0.15, -0.1) is 0 Å².